The van der Waals surface area contributed by atoms with Crippen molar-refractivity contribution in [3.8, 4) is 5.75 Å². The second-order valence-electron chi connectivity index (χ2n) is 3.81. The molecule has 0 heterocycles. The molecule has 5 nitrogen and oxygen atoms in total. The van der Waals surface area contributed by atoms with Crippen molar-refractivity contribution >= 4 is 17.3 Å². The van der Waals surface area contributed by atoms with Crippen LogP contribution in [0.25, 0.3) is 0 Å². The maximum atomic E-state index is 10.8. The maximum absolute atomic E-state index is 10.8. The van der Waals surface area contributed by atoms with Gasteiger partial charge in [0.25, 0.3) is 5.69 Å². The van der Waals surface area contributed by atoms with Crippen molar-refractivity contribution in [2.75, 3.05) is 25.7 Å². The molecule has 0 saturated carbocycles. The summed E-state index contributed by atoms with van der Waals surface area (Å²) in [6, 6.07) is 3.19. The summed E-state index contributed by atoms with van der Waals surface area (Å²) in [6.45, 7) is 4.79. The topological polar surface area (TPSA) is 61.6 Å². The van der Waals surface area contributed by atoms with Gasteiger partial charge in [-0.2, -0.15) is 0 Å². The van der Waals surface area contributed by atoms with Gasteiger partial charge in [-0.15, -0.1) is 11.6 Å². The third-order valence-corrected chi connectivity index (χ3v) is 2.55. The average molecular weight is 274 g/mol. The van der Waals surface area contributed by atoms with E-state index < -0.39 is 4.92 Å². The molecular formula is C12H16ClNO4. The quantitative estimate of drug-likeness (QED) is 0.332. The Morgan fingerprint density at radius 3 is 2.56 bits per heavy atom. The van der Waals surface area contributed by atoms with Gasteiger partial charge in [-0.25, -0.2) is 0 Å². The number of rotatable bonds is 7. The Balaban J connectivity index is 2.65. The van der Waals surface area contributed by atoms with Crippen molar-refractivity contribution in [3.63, 3.8) is 0 Å². The number of benzene rings is 1. The van der Waals surface area contributed by atoms with Crippen molar-refractivity contribution < 1.29 is 14.4 Å². The fourth-order valence-electron chi connectivity index (χ4n) is 1.54. The Morgan fingerprint density at radius 1 is 1.22 bits per heavy atom. The van der Waals surface area contributed by atoms with Crippen LogP contribution in [0.1, 0.15) is 11.1 Å². The fraction of sp³-hybridized carbons (Fsp3) is 0.500. The molecule has 6 heteroatoms. The zero-order valence-electron chi connectivity index (χ0n) is 10.4. The van der Waals surface area contributed by atoms with Gasteiger partial charge in [0.05, 0.1) is 24.2 Å². The number of hydrogen-bond acceptors (Lipinski definition) is 4. The van der Waals surface area contributed by atoms with Crippen LogP contribution in [0, 0.1) is 24.0 Å². The molecule has 1 aromatic rings. The first kappa shape index (κ1) is 14.7. The van der Waals surface area contributed by atoms with E-state index in [0.29, 0.717) is 37.0 Å². The van der Waals surface area contributed by atoms with E-state index in [1.54, 1.807) is 13.0 Å². The highest BCUT2D eigenvalue weighted by Crippen LogP contribution is 2.27. The average Bonchev–Trinajstić information content (AvgIpc) is 2.30. The van der Waals surface area contributed by atoms with E-state index in [-0.39, 0.29) is 5.69 Å². The van der Waals surface area contributed by atoms with Gasteiger partial charge >= 0.3 is 0 Å². The number of nitro groups is 1. The number of alkyl halides is 1. The summed E-state index contributed by atoms with van der Waals surface area (Å²) in [6.07, 6.45) is 0. The number of nitro benzene ring substituents is 1. The van der Waals surface area contributed by atoms with Crippen LogP contribution < -0.4 is 4.74 Å². The van der Waals surface area contributed by atoms with Crippen LogP contribution in [0.2, 0.25) is 0 Å². The number of aryl methyl sites for hydroxylation is 2. The van der Waals surface area contributed by atoms with Gasteiger partial charge in [-0.3, -0.25) is 10.1 Å². The van der Waals surface area contributed by atoms with Crippen molar-refractivity contribution in [2.24, 2.45) is 0 Å². The minimum atomic E-state index is -0.411. The Kier molecular flexibility index (Phi) is 5.88. The molecule has 0 atom stereocenters. The third kappa shape index (κ3) is 4.16. The molecule has 0 unspecified atom stereocenters. The Bertz CT molecular complexity index is 423. The van der Waals surface area contributed by atoms with E-state index in [4.69, 9.17) is 21.1 Å². The summed E-state index contributed by atoms with van der Waals surface area (Å²) in [5.74, 6) is 0.955. The summed E-state index contributed by atoms with van der Waals surface area (Å²) >= 11 is 5.45. The second kappa shape index (κ2) is 7.18. The van der Waals surface area contributed by atoms with E-state index in [2.05, 4.69) is 0 Å². The molecule has 1 aromatic carbocycles. The molecule has 1 rings (SSSR count). The second-order valence-corrected chi connectivity index (χ2v) is 4.19. The SMILES string of the molecule is Cc1cc(C)c([N+](=O)[O-])cc1OCCOCCCl. The molecule has 0 saturated heterocycles. The molecule has 0 amide bonds. The first-order valence-electron chi connectivity index (χ1n) is 5.58. The van der Waals surface area contributed by atoms with Crippen molar-refractivity contribution in [3.05, 3.63) is 33.4 Å². The van der Waals surface area contributed by atoms with Gasteiger partial charge in [-0.05, 0) is 25.5 Å². The van der Waals surface area contributed by atoms with Crippen LogP contribution in [-0.2, 0) is 4.74 Å². The van der Waals surface area contributed by atoms with Crippen LogP contribution in [0.15, 0.2) is 12.1 Å². The lowest BCUT2D eigenvalue weighted by atomic mass is 10.1. The highest BCUT2D eigenvalue weighted by Gasteiger charge is 2.14. The zero-order chi connectivity index (χ0) is 13.5. The summed E-state index contributed by atoms with van der Waals surface area (Å²) in [5, 5.41) is 10.8. The molecule has 0 spiro atoms. The van der Waals surface area contributed by atoms with E-state index in [0.717, 1.165) is 5.56 Å². The standard InChI is InChI=1S/C12H16ClNO4/c1-9-7-10(2)12(8-11(9)14(15)16)18-6-5-17-4-3-13/h7-8H,3-6H2,1-2H3. The van der Waals surface area contributed by atoms with Crippen molar-refractivity contribution in [2.45, 2.75) is 13.8 Å². The third-order valence-electron chi connectivity index (χ3n) is 2.40. The summed E-state index contributed by atoms with van der Waals surface area (Å²) in [7, 11) is 0. The van der Waals surface area contributed by atoms with Crippen molar-refractivity contribution in [1.82, 2.24) is 0 Å². The van der Waals surface area contributed by atoms with Crippen LogP contribution in [0.5, 0.6) is 5.75 Å². The molecule has 0 aliphatic heterocycles. The van der Waals surface area contributed by atoms with Crippen LogP contribution in [0.3, 0.4) is 0 Å². The number of hydrogen-bond donors (Lipinski definition) is 0. The van der Waals surface area contributed by atoms with E-state index in [1.165, 1.54) is 6.07 Å². The molecule has 18 heavy (non-hydrogen) atoms. The lowest BCUT2D eigenvalue weighted by molar-refractivity contribution is -0.385. The Morgan fingerprint density at radius 2 is 1.94 bits per heavy atom. The molecule has 0 bridgehead atoms. The molecule has 0 aliphatic rings. The monoisotopic (exact) mass is 273 g/mol. The van der Waals surface area contributed by atoms with Gasteiger partial charge in [-0.1, -0.05) is 0 Å². The minimum Gasteiger partial charge on any atom is -0.491 e. The molecule has 0 N–H and O–H groups in total. The van der Waals surface area contributed by atoms with Crippen molar-refractivity contribution in [1.29, 1.82) is 0 Å². The lowest BCUT2D eigenvalue weighted by Gasteiger charge is -2.10. The van der Waals surface area contributed by atoms with Crippen LogP contribution in [-0.4, -0.2) is 30.6 Å². The first-order valence-corrected chi connectivity index (χ1v) is 6.12. The zero-order valence-corrected chi connectivity index (χ0v) is 11.2. The summed E-state index contributed by atoms with van der Waals surface area (Å²) < 4.78 is 10.6. The van der Waals surface area contributed by atoms with E-state index in [9.17, 15) is 10.1 Å². The van der Waals surface area contributed by atoms with Crippen LogP contribution >= 0.6 is 11.6 Å². The van der Waals surface area contributed by atoms with Gasteiger partial charge in [0.15, 0.2) is 0 Å². The highest BCUT2D eigenvalue weighted by atomic mass is 35.5. The molecule has 0 fully saturated rings. The predicted molar refractivity (Wildman–Crippen MR) is 69.6 cm³/mol. The number of halogens is 1. The summed E-state index contributed by atoms with van der Waals surface area (Å²) in [4.78, 5) is 10.4. The first-order chi connectivity index (χ1) is 8.56. The summed E-state index contributed by atoms with van der Waals surface area (Å²) in [5.41, 5.74) is 1.57. The molecule has 0 aromatic heterocycles. The largest absolute Gasteiger partial charge is 0.491 e. The van der Waals surface area contributed by atoms with E-state index in [1.807, 2.05) is 6.92 Å². The maximum Gasteiger partial charge on any atom is 0.276 e. The molecule has 0 radical (unpaired) electrons. The van der Waals surface area contributed by atoms with Gasteiger partial charge in [0.2, 0.25) is 0 Å². The minimum absolute atomic E-state index is 0.0669. The van der Waals surface area contributed by atoms with Gasteiger partial charge < -0.3 is 9.47 Å². The lowest BCUT2D eigenvalue weighted by Crippen LogP contribution is -2.09. The normalized spacial score (nSPS) is 10.4. The molecule has 0 aliphatic carbocycles. The Hall–Kier alpha value is -1.33. The fourth-order valence-corrected chi connectivity index (χ4v) is 1.65. The van der Waals surface area contributed by atoms with Crippen LogP contribution in [0.4, 0.5) is 5.69 Å². The number of nitrogens with zero attached hydrogens (tertiary/aromatic N) is 1. The van der Waals surface area contributed by atoms with Gasteiger partial charge in [0.1, 0.15) is 12.4 Å². The highest BCUT2D eigenvalue weighted by molar-refractivity contribution is 6.17. The predicted octanol–water partition coefficient (Wildman–Crippen LogP) is 2.85. The Labute approximate surface area is 111 Å². The molecule has 100 valence electrons. The van der Waals surface area contributed by atoms with E-state index >= 15 is 0 Å². The number of ether oxygens (including phenoxy) is 2. The smallest absolute Gasteiger partial charge is 0.276 e. The van der Waals surface area contributed by atoms with Gasteiger partial charge in [0, 0.05) is 11.4 Å². The molecular weight excluding hydrogens is 258 g/mol.